The van der Waals surface area contributed by atoms with Crippen LogP contribution in [0, 0.1) is 0 Å². The number of hydrogen-bond donors (Lipinski definition) is 2. The molecular weight excluding hydrogens is 338 g/mol. The number of carbonyl (C=O) groups is 1. The number of hydrogen-bond acceptors (Lipinski definition) is 3. The smallest absolute Gasteiger partial charge is 0.337 e. The molecule has 2 N–H and O–H groups in total. The Kier molecular flexibility index (Phi) is 10.2. The lowest BCUT2D eigenvalue weighted by Gasteiger charge is -2.10. The molecule has 1 rings (SSSR count). The van der Waals surface area contributed by atoms with Crippen molar-refractivity contribution in [2.45, 2.75) is 71.1 Å². The molecule has 0 saturated heterocycles. The largest absolute Gasteiger partial charge is 0.478 e. The minimum atomic E-state index is -3.51. The highest BCUT2D eigenvalue weighted by Crippen LogP contribution is 2.17. The van der Waals surface area contributed by atoms with E-state index in [2.05, 4.69) is 11.6 Å². The van der Waals surface area contributed by atoms with Crippen molar-refractivity contribution in [2.24, 2.45) is 0 Å². The minimum absolute atomic E-state index is 0.0253. The van der Waals surface area contributed by atoms with E-state index in [-0.39, 0.29) is 17.0 Å². The van der Waals surface area contributed by atoms with Gasteiger partial charge in [0.15, 0.2) is 0 Å². The highest BCUT2D eigenvalue weighted by molar-refractivity contribution is 7.92. The van der Waals surface area contributed by atoms with Crippen LogP contribution in [0.5, 0.6) is 0 Å². The molecule has 1 aromatic rings. The lowest BCUT2D eigenvalue weighted by atomic mass is 10.1. The Morgan fingerprint density at radius 3 is 2.00 bits per heavy atom. The van der Waals surface area contributed by atoms with E-state index < -0.39 is 16.0 Å². The fourth-order valence-corrected chi connectivity index (χ4v) is 3.96. The standard InChI is InChI=1S/C19H31NO4S/c1-2-3-4-5-6-7-8-9-10-13-16-25(23,24)20-18-15-12-11-14-17(18)19(21)22/h11-12,14-15,20H,2-10,13,16H2,1H3,(H,21,22). The Bertz CT molecular complexity index is 614. The second kappa shape index (κ2) is 11.9. The number of benzene rings is 1. The predicted octanol–water partition coefficient (Wildman–Crippen LogP) is 5.05. The molecule has 0 saturated carbocycles. The molecule has 6 heteroatoms. The summed E-state index contributed by atoms with van der Waals surface area (Å²) in [5.74, 6) is -1.12. The van der Waals surface area contributed by atoms with Gasteiger partial charge in [-0.25, -0.2) is 13.2 Å². The quantitative estimate of drug-likeness (QED) is 0.450. The molecule has 0 amide bonds. The van der Waals surface area contributed by atoms with Crippen LogP contribution in [-0.2, 0) is 10.0 Å². The zero-order valence-electron chi connectivity index (χ0n) is 15.2. The first-order chi connectivity index (χ1) is 12.0. The van der Waals surface area contributed by atoms with Gasteiger partial charge in [-0.3, -0.25) is 4.72 Å². The summed E-state index contributed by atoms with van der Waals surface area (Å²) in [6, 6.07) is 6.05. The molecule has 0 aliphatic carbocycles. The molecule has 5 nitrogen and oxygen atoms in total. The van der Waals surface area contributed by atoms with Gasteiger partial charge >= 0.3 is 5.97 Å². The van der Waals surface area contributed by atoms with Crippen molar-refractivity contribution in [1.29, 1.82) is 0 Å². The first-order valence-electron chi connectivity index (χ1n) is 9.29. The number of para-hydroxylation sites is 1. The van der Waals surface area contributed by atoms with Crippen LogP contribution in [0.1, 0.15) is 81.5 Å². The Morgan fingerprint density at radius 2 is 1.44 bits per heavy atom. The fraction of sp³-hybridized carbons (Fsp3) is 0.632. The molecule has 0 radical (unpaired) electrons. The van der Waals surface area contributed by atoms with Gasteiger partial charge in [0, 0.05) is 0 Å². The van der Waals surface area contributed by atoms with E-state index in [1.165, 1.54) is 50.7 Å². The fourth-order valence-electron chi connectivity index (χ4n) is 2.76. The maximum absolute atomic E-state index is 12.1. The molecule has 0 aliphatic heterocycles. The number of anilines is 1. The summed E-state index contributed by atoms with van der Waals surface area (Å²) in [6.07, 6.45) is 11.4. The van der Waals surface area contributed by atoms with E-state index >= 15 is 0 Å². The summed E-state index contributed by atoms with van der Waals surface area (Å²) >= 11 is 0. The van der Waals surface area contributed by atoms with E-state index in [0.717, 1.165) is 19.3 Å². The topological polar surface area (TPSA) is 83.5 Å². The molecule has 25 heavy (non-hydrogen) atoms. The van der Waals surface area contributed by atoms with Gasteiger partial charge in [0.25, 0.3) is 0 Å². The van der Waals surface area contributed by atoms with Gasteiger partial charge < -0.3 is 5.11 Å². The second-order valence-electron chi connectivity index (χ2n) is 6.45. The van der Waals surface area contributed by atoms with Gasteiger partial charge in [-0.15, -0.1) is 0 Å². The molecule has 0 spiro atoms. The number of unbranched alkanes of at least 4 members (excludes halogenated alkanes) is 9. The van der Waals surface area contributed by atoms with Crippen LogP contribution in [0.2, 0.25) is 0 Å². The Hall–Kier alpha value is -1.56. The monoisotopic (exact) mass is 369 g/mol. The zero-order chi connectivity index (χ0) is 18.5. The first-order valence-corrected chi connectivity index (χ1v) is 10.9. The van der Waals surface area contributed by atoms with Gasteiger partial charge in [0.05, 0.1) is 17.0 Å². The maximum atomic E-state index is 12.1. The third kappa shape index (κ3) is 9.48. The molecular formula is C19H31NO4S. The van der Waals surface area contributed by atoms with Crippen molar-refractivity contribution in [3.63, 3.8) is 0 Å². The molecule has 0 fully saturated rings. The molecule has 1 aromatic carbocycles. The van der Waals surface area contributed by atoms with Crippen LogP contribution < -0.4 is 4.72 Å². The molecule has 142 valence electrons. The van der Waals surface area contributed by atoms with Gasteiger partial charge in [-0.05, 0) is 18.6 Å². The number of carboxylic acids is 1. The van der Waals surface area contributed by atoms with Crippen molar-refractivity contribution in [3.8, 4) is 0 Å². The van der Waals surface area contributed by atoms with E-state index in [4.69, 9.17) is 5.11 Å². The molecule has 0 heterocycles. The Balaban J connectivity index is 2.23. The van der Waals surface area contributed by atoms with Crippen molar-refractivity contribution < 1.29 is 18.3 Å². The summed E-state index contributed by atoms with van der Waals surface area (Å²) < 4.78 is 26.6. The number of aromatic carboxylic acids is 1. The van der Waals surface area contributed by atoms with Crippen LogP contribution in [0.15, 0.2) is 24.3 Å². The van der Waals surface area contributed by atoms with Crippen LogP contribution >= 0.6 is 0 Å². The van der Waals surface area contributed by atoms with E-state index in [9.17, 15) is 13.2 Å². The number of rotatable bonds is 14. The Labute approximate surface area is 151 Å². The summed E-state index contributed by atoms with van der Waals surface area (Å²) in [5, 5.41) is 9.09. The number of sulfonamides is 1. The average molecular weight is 370 g/mol. The highest BCUT2D eigenvalue weighted by Gasteiger charge is 2.15. The van der Waals surface area contributed by atoms with Crippen molar-refractivity contribution in [2.75, 3.05) is 10.5 Å². The van der Waals surface area contributed by atoms with Gasteiger partial charge in [0.2, 0.25) is 10.0 Å². The lowest BCUT2D eigenvalue weighted by Crippen LogP contribution is -2.18. The summed E-state index contributed by atoms with van der Waals surface area (Å²) in [6.45, 7) is 2.21. The van der Waals surface area contributed by atoms with Gasteiger partial charge in [0.1, 0.15) is 0 Å². The minimum Gasteiger partial charge on any atom is -0.478 e. The zero-order valence-corrected chi connectivity index (χ0v) is 16.0. The maximum Gasteiger partial charge on any atom is 0.337 e. The summed E-state index contributed by atoms with van der Waals surface area (Å²) in [5.41, 5.74) is 0.0937. The average Bonchev–Trinajstić information content (AvgIpc) is 2.56. The van der Waals surface area contributed by atoms with Crippen LogP contribution in [0.4, 0.5) is 5.69 Å². The SMILES string of the molecule is CCCCCCCCCCCCS(=O)(=O)Nc1ccccc1C(=O)O. The summed E-state index contributed by atoms with van der Waals surface area (Å²) in [7, 11) is -3.51. The normalized spacial score (nSPS) is 11.4. The van der Waals surface area contributed by atoms with E-state index in [1.807, 2.05) is 0 Å². The molecule has 0 bridgehead atoms. The van der Waals surface area contributed by atoms with Gasteiger partial charge in [-0.2, -0.15) is 0 Å². The summed E-state index contributed by atoms with van der Waals surface area (Å²) in [4.78, 5) is 11.1. The Morgan fingerprint density at radius 1 is 0.920 bits per heavy atom. The van der Waals surface area contributed by atoms with E-state index in [1.54, 1.807) is 12.1 Å². The predicted molar refractivity (Wildman–Crippen MR) is 103 cm³/mol. The third-order valence-corrected chi connectivity index (χ3v) is 5.55. The third-order valence-electron chi connectivity index (χ3n) is 4.19. The van der Waals surface area contributed by atoms with Crippen LogP contribution in [-0.4, -0.2) is 25.2 Å². The molecule has 0 unspecified atom stereocenters. The molecule has 0 aliphatic rings. The second-order valence-corrected chi connectivity index (χ2v) is 8.30. The van der Waals surface area contributed by atoms with Gasteiger partial charge in [-0.1, -0.05) is 76.8 Å². The van der Waals surface area contributed by atoms with Crippen LogP contribution in [0.3, 0.4) is 0 Å². The number of carboxylic acid groups (broad SMARTS) is 1. The van der Waals surface area contributed by atoms with E-state index in [0.29, 0.717) is 6.42 Å². The van der Waals surface area contributed by atoms with Crippen LogP contribution in [0.25, 0.3) is 0 Å². The number of nitrogens with one attached hydrogen (secondary N) is 1. The van der Waals surface area contributed by atoms with Crippen molar-refractivity contribution in [1.82, 2.24) is 0 Å². The first kappa shape index (κ1) is 21.5. The lowest BCUT2D eigenvalue weighted by molar-refractivity contribution is 0.0698. The van der Waals surface area contributed by atoms with Crippen molar-refractivity contribution >= 4 is 21.7 Å². The highest BCUT2D eigenvalue weighted by atomic mass is 32.2. The molecule has 0 atom stereocenters. The molecule has 0 aromatic heterocycles. The van der Waals surface area contributed by atoms with Crippen molar-refractivity contribution in [3.05, 3.63) is 29.8 Å².